The van der Waals surface area contributed by atoms with Crippen LogP contribution >= 0.6 is 11.6 Å². The number of rotatable bonds is 6. The lowest BCUT2D eigenvalue weighted by Crippen LogP contribution is -2.22. The van der Waals surface area contributed by atoms with E-state index in [1.165, 1.54) is 18.2 Å². The zero-order valence-corrected chi connectivity index (χ0v) is 14.6. The SMILES string of the molecule is Cc1cc(Cl)ccc1OCC(=O)Nc1ccccc1S(=O)(=O)C(F)F. The van der Waals surface area contributed by atoms with E-state index >= 15 is 0 Å². The highest BCUT2D eigenvalue weighted by atomic mass is 35.5. The molecule has 1 amide bonds. The summed E-state index contributed by atoms with van der Waals surface area (Å²) in [6.45, 7) is 1.31. The maximum Gasteiger partial charge on any atom is 0.341 e. The quantitative estimate of drug-likeness (QED) is 0.818. The first-order chi connectivity index (χ1) is 11.7. The van der Waals surface area contributed by atoms with E-state index in [0.717, 1.165) is 6.07 Å². The van der Waals surface area contributed by atoms with E-state index in [1.807, 2.05) is 0 Å². The Balaban J connectivity index is 2.11. The number of para-hydroxylation sites is 1. The number of aryl methyl sites for hydroxylation is 1. The van der Waals surface area contributed by atoms with Gasteiger partial charge < -0.3 is 10.1 Å². The molecule has 0 spiro atoms. The summed E-state index contributed by atoms with van der Waals surface area (Å²) in [5, 5.41) is 2.78. The standard InChI is InChI=1S/C16H14ClF2NO4S/c1-10-8-11(17)6-7-13(10)24-9-15(21)20-12-4-2-3-5-14(12)25(22,23)16(18)19/h2-8,16H,9H2,1H3,(H,20,21). The van der Waals surface area contributed by atoms with Crippen molar-refractivity contribution in [1.29, 1.82) is 0 Å². The molecule has 134 valence electrons. The van der Waals surface area contributed by atoms with Crippen LogP contribution < -0.4 is 10.1 Å². The molecular weight excluding hydrogens is 376 g/mol. The van der Waals surface area contributed by atoms with Gasteiger partial charge >= 0.3 is 5.76 Å². The lowest BCUT2D eigenvalue weighted by molar-refractivity contribution is -0.118. The van der Waals surface area contributed by atoms with Crippen LogP contribution in [0.5, 0.6) is 5.75 Å². The molecular formula is C16H14ClF2NO4S. The molecule has 0 atom stereocenters. The van der Waals surface area contributed by atoms with Crippen LogP contribution in [-0.2, 0) is 14.6 Å². The monoisotopic (exact) mass is 389 g/mol. The number of amides is 1. The van der Waals surface area contributed by atoms with Crippen molar-refractivity contribution in [1.82, 2.24) is 0 Å². The molecule has 2 rings (SSSR count). The highest BCUT2D eigenvalue weighted by Crippen LogP contribution is 2.26. The van der Waals surface area contributed by atoms with E-state index in [9.17, 15) is 22.0 Å². The predicted octanol–water partition coefficient (Wildman–Crippen LogP) is 3.66. The van der Waals surface area contributed by atoms with Gasteiger partial charge in [-0.1, -0.05) is 23.7 Å². The van der Waals surface area contributed by atoms with Crippen molar-refractivity contribution >= 4 is 33.0 Å². The zero-order chi connectivity index (χ0) is 18.6. The maximum atomic E-state index is 12.7. The molecule has 0 aliphatic heterocycles. The second-order valence-corrected chi connectivity index (χ2v) is 7.37. The first-order valence-electron chi connectivity index (χ1n) is 7.01. The van der Waals surface area contributed by atoms with Gasteiger partial charge in [0.1, 0.15) is 5.75 Å². The number of hydrogen-bond donors (Lipinski definition) is 1. The van der Waals surface area contributed by atoms with Gasteiger partial charge in [0.15, 0.2) is 6.61 Å². The number of alkyl halides is 2. The maximum absolute atomic E-state index is 12.7. The molecule has 5 nitrogen and oxygen atoms in total. The number of carbonyl (C=O) groups excluding carboxylic acids is 1. The number of anilines is 1. The predicted molar refractivity (Wildman–Crippen MR) is 89.9 cm³/mol. The molecule has 2 aromatic rings. The second-order valence-electron chi connectivity index (χ2n) is 5.05. The van der Waals surface area contributed by atoms with Gasteiger partial charge in [-0.25, -0.2) is 8.42 Å². The summed E-state index contributed by atoms with van der Waals surface area (Å²) in [6.07, 6.45) is 0. The molecule has 0 aliphatic rings. The van der Waals surface area contributed by atoms with Crippen LogP contribution in [0.3, 0.4) is 0 Å². The minimum Gasteiger partial charge on any atom is -0.483 e. The van der Waals surface area contributed by atoms with Crippen LogP contribution in [-0.4, -0.2) is 26.7 Å². The fourth-order valence-corrected chi connectivity index (χ4v) is 3.13. The number of carbonyl (C=O) groups is 1. The molecule has 1 N–H and O–H groups in total. The molecule has 0 fully saturated rings. The molecule has 9 heteroatoms. The van der Waals surface area contributed by atoms with Gasteiger partial charge in [-0.05, 0) is 42.8 Å². The third-order valence-corrected chi connectivity index (χ3v) is 4.87. The third kappa shape index (κ3) is 4.67. The molecule has 0 aliphatic carbocycles. The Bertz CT molecular complexity index is 887. The van der Waals surface area contributed by atoms with Crippen LogP contribution in [0.1, 0.15) is 5.56 Å². The van der Waals surface area contributed by atoms with Crippen LogP contribution in [0.25, 0.3) is 0 Å². The normalized spacial score (nSPS) is 11.4. The van der Waals surface area contributed by atoms with E-state index in [4.69, 9.17) is 16.3 Å². The topological polar surface area (TPSA) is 72.5 Å². The Morgan fingerprint density at radius 3 is 2.56 bits per heavy atom. The Morgan fingerprint density at radius 2 is 1.92 bits per heavy atom. The average molecular weight is 390 g/mol. The Morgan fingerprint density at radius 1 is 1.24 bits per heavy atom. The summed E-state index contributed by atoms with van der Waals surface area (Å²) in [4.78, 5) is 11.3. The van der Waals surface area contributed by atoms with Gasteiger partial charge in [-0.15, -0.1) is 0 Å². The summed E-state index contributed by atoms with van der Waals surface area (Å²) in [6, 6.07) is 9.76. The van der Waals surface area contributed by atoms with Crippen LogP contribution in [0.4, 0.5) is 14.5 Å². The number of halogens is 3. The summed E-state index contributed by atoms with van der Waals surface area (Å²) < 4.78 is 54.1. The van der Waals surface area contributed by atoms with Crippen LogP contribution in [0.15, 0.2) is 47.4 Å². The molecule has 2 aromatic carbocycles. The molecule has 0 radical (unpaired) electrons. The van der Waals surface area contributed by atoms with E-state index in [0.29, 0.717) is 16.3 Å². The van der Waals surface area contributed by atoms with Crippen molar-refractivity contribution in [3.8, 4) is 5.75 Å². The second kappa shape index (κ2) is 7.79. The van der Waals surface area contributed by atoms with Gasteiger partial charge in [0.05, 0.1) is 10.6 Å². The van der Waals surface area contributed by atoms with E-state index in [-0.39, 0.29) is 5.69 Å². The summed E-state index contributed by atoms with van der Waals surface area (Å²) in [5.41, 5.74) is 0.477. The Kier molecular flexibility index (Phi) is 5.97. The van der Waals surface area contributed by atoms with Crippen molar-refractivity contribution < 1.29 is 26.7 Å². The summed E-state index contributed by atoms with van der Waals surface area (Å²) in [7, 11) is -4.84. The lowest BCUT2D eigenvalue weighted by atomic mass is 10.2. The molecule has 0 aromatic heterocycles. The molecule has 0 saturated heterocycles. The van der Waals surface area contributed by atoms with Crippen molar-refractivity contribution in [3.63, 3.8) is 0 Å². The minimum absolute atomic E-state index is 0.232. The van der Waals surface area contributed by atoms with E-state index in [1.54, 1.807) is 25.1 Å². The van der Waals surface area contributed by atoms with Gasteiger partial charge in [-0.3, -0.25) is 4.79 Å². The number of ether oxygens (including phenoxy) is 1. The van der Waals surface area contributed by atoms with Crippen molar-refractivity contribution in [2.45, 2.75) is 17.6 Å². The summed E-state index contributed by atoms with van der Waals surface area (Å²) in [5.74, 6) is -3.85. The largest absolute Gasteiger partial charge is 0.483 e. The molecule has 0 saturated carbocycles. The highest BCUT2D eigenvalue weighted by Gasteiger charge is 2.29. The minimum atomic E-state index is -4.84. The third-order valence-electron chi connectivity index (χ3n) is 3.20. The van der Waals surface area contributed by atoms with Crippen molar-refractivity contribution in [2.75, 3.05) is 11.9 Å². The van der Waals surface area contributed by atoms with Gasteiger partial charge in [-0.2, -0.15) is 8.78 Å². The zero-order valence-electron chi connectivity index (χ0n) is 13.0. The fourth-order valence-electron chi connectivity index (χ4n) is 2.02. The molecule has 0 bridgehead atoms. The first kappa shape index (κ1) is 19.1. The van der Waals surface area contributed by atoms with E-state index in [2.05, 4.69) is 5.32 Å². The number of hydrogen-bond acceptors (Lipinski definition) is 4. The van der Waals surface area contributed by atoms with Crippen LogP contribution in [0.2, 0.25) is 5.02 Å². The lowest BCUT2D eigenvalue weighted by Gasteiger charge is -2.12. The number of benzene rings is 2. The Hall–Kier alpha value is -2.19. The first-order valence-corrected chi connectivity index (χ1v) is 8.94. The van der Waals surface area contributed by atoms with Crippen molar-refractivity contribution in [2.24, 2.45) is 0 Å². The molecule has 0 unspecified atom stereocenters. The van der Waals surface area contributed by atoms with Crippen LogP contribution in [0, 0.1) is 6.92 Å². The van der Waals surface area contributed by atoms with Gasteiger partial charge in [0.25, 0.3) is 5.91 Å². The van der Waals surface area contributed by atoms with Crippen molar-refractivity contribution in [3.05, 3.63) is 53.1 Å². The van der Waals surface area contributed by atoms with E-state index < -0.39 is 33.0 Å². The Labute approximate surface area is 148 Å². The van der Waals surface area contributed by atoms with Gasteiger partial charge in [0, 0.05) is 5.02 Å². The smallest absolute Gasteiger partial charge is 0.341 e. The summed E-state index contributed by atoms with van der Waals surface area (Å²) >= 11 is 5.82. The number of sulfone groups is 1. The number of nitrogens with one attached hydrogen (secondary N) is 1. The molecule has 25 heavy (non-hydrogen) atoms. The highest BCUT2D eigenvalue weighted by molar-refractivity contribution is 7.91. The molecule has 0 heterocycles. The fraction of sp³-hybridized carbons (Fsp3) is 0.188. The van der Waals surface area contributed by atoms with Gasteiger partial charge in [0.2, 0.25) is 9.84 Å². The average Bonchev–Trinajstić information content (AvgIpc) is 2.54.